The van der Waals surface area contributed by atoms with E-state index in [9.17, 15) is 0 Å². The Hall–Kier alpha value is -1.61. The molecule has 0 bridgehead atoms. The van der Waals surface area contributed by atoms with Crippen molar-refractivity contribution in [3.63, 3.8) is 0 Å². The van der Waals surface area contributed by atoms with Gasteiger partial charge in [-0.15, -0.1) is 0 Å². The molecule has 0 spiro atoms. The van der Waals surface area contributed by atoms with Crippen molar-refractivity contribution in [3.8, 4) is 0 Å². The minimum absolute atomic E-state index is 0. The van der Waals surface area contributed by atoms with Gasteiger partial charge in [-0.05, 0) is 0 Å². The molecule has 4 heteroatoms. The standard InChI is InChI=1S/C14H15.C13H11O.2ClH.Ti/c1-10-9-11(2)14(12(10)3)13-7-5-4-6-8-13;14-13(11-7-3-1-4-8-11)12-9-5-2-6-10-12;;;/h4-7,9,11H,1-3H3;1-10,13H;2*1H;/q;-1;;;+3/p-2. The van der Waals surface area contributed by atoms with E-state index in [1.807, 2.05) is 0 Å². The molecule has 0 amide bonds. The van der Waals surface area contributed by atoms with Crippen LogP contribution in [0.25, 0.3) is 5.57 Å². The van der Waals surface area contributed by atoms with Crippen molar-refractivity contribution in [2.75, 3.05) is 0 Å². The van der Waals surface area contributed by atoms with E-state index in [0.29, 0.717) is 5.92 Å². The molecule has 0 saturated carbocycles. The van der Waals surface area contributed by atoms with E-state index in [1.165, 1.54) is 37.3 Å². The SMILES string of the molecule is CC1=CC(C)C(c2cccc[c]2[Ti+2][O]C(c2ccccc2)c2ccccc2)=C1C.[Cl-].[Cl-]. The van der Waals surface area contributed by atoms with Gasteiger partial charge in [0.05, 0.1) is 0 Å². The van der Waals surface area contributed by atoms with Gasteiger partial charge in [0.2, 0.25) is 0 Å². The van der Waals surface area contributed by atoms with Crippen LogP contribution in [0.1, 0.15) is 43.6 Å². The van der Waals surface area contributed by atoms with Crippen LogP contribution in [-0.4, -0.2) is 0 Å². The molecule has 0 aromatic heterocycles. The van der Waals surface area contributed by atoms with Gasteiger partial charge in [-0.1, -0.05) is 0 Å². The summed E-state index contributed by atoms with van der Waals surface area (Å²) in [6.07, 6.45) is 2.35. The molecule has 3 aromatic rings. The average molecular weight is 485 g/mol. The number of hydrogen-bond donors (Lipinski definition) is 0. The molecule has 1 nitrogen and oxygen atoms in total. The zero-order valence-corrected chi connectivity index (χ0v) is 21.1. The van der Waals surface area contributed by atoms with Crippen molar-refractivity contribution in [2.45, 2.75) is 26.9 Å². The molecule has 0 heterocycles. The third-order valence-corrected chi connectivity index (χ3v) is 7.24. The maximum Gasteiger partial charge on any atom is -1.00 e. The van der Waals surface area contributed by atoms with Crippen molar-refractivity contribution in [1.82, 2.24) is 0 Å². The van der Waals surface area contributed by atoms with E-state index >= 15 is 0 Å². The fourth-order valence-electron chi connectivity index (χ4n) is 4.10. The Morgan fingerprint density at radius 1 is 0.742 bits per heavy atom. The quantitative estimate of drug-likeness (QED) is 0.463. The normalized spacial score (nSPS) is 15.1. The second kappa shape index (κ2) is 11.9. The Balaban J connectivity index is 0.00000171. The fourth-order valence-corrected chi connectivity index (χ4v) is 5.67. The number of allylic oxidation sites excluding steroid dienone is 4. The summed E-state index contributed by atoms with van der Waals surface area (Å²) in [5.41, 5.74) is 8.06. The first-order chi connectivity index (χ1) is 14.1. The van der Waals surface area contributed by atoms with Crippen LogP contribution in [0.2, 0.25) is 0 Å². The molecule has 1 aliphatic rings. The maximum atomic E-state index is 6.68. The summed E-state index contributed by atoms with van der Waals surface area (Å²) in [4.78, 5) is 0. The Morgan fingerprint density at radius 2 is 1.26 bits per heavy atom. The summed E-state index contributed by atoms with van der Waals surface area (Å²) in [5.74, 6) is 0.460. The van der Waals surface area contributed by atoms with Crippen molar-refractivity contribution < 1.29 is 47.7 Å². The summed E-state index contributed by atoms with van der Waals surface area (Å²) >= 11 is -0.778. The summed E-state index contributed by atoms with van der Waals surface area (Å²) in [6, 6.07) is 29.9. The summed E-state index contributed by atoms with van der Waals surface area (Å²) in [6.45, 7) is 6.76. The molecule has 0 N–H and O–H groups in total. The number of rotatable bonds is 6. The van der Waals surface area contributed by atoms with Crippen LogP contribution in [0, 0.1) is 5.92 Å². The summed E-state index contributed by atoms with van der Waals surface area (Å²) in [5, 5.41) is 0. The van der Waals surface area contributed by atoms with E-state index < -0.39 is 19.5 Å². The zero-order valence-electron chi connectivity index (χ0n) is 18.0. The van der Waals surface area contributed by atoms with Gasteiger partial charge in [-0.2, -0.15) is 0 Å². The van der Waals surface area contributed by atoms with Crippen LogP contribution in [0.4, 0.5) is 0 Å². The molecule has 1 unspecified atom stereocenters. The smallest absolute Gasteiger partial charge is 1.00 e. The Morgan fingerprint density at radius 3 is 1.77 bits per heavy atom. The van der Waals surface area contributed by atoms with Gasteiger partial charge >= 0.3 is 184 Å². The fraction of sp³-hybridized carbons (Fsp3) is 0.185. The first-order valence-electron chi connectivity index (χ1n) is 10.2. The van der Waals surface area contributed by atoms with Crippen molar-refractivity contribution in [3.05, 3.63) is 119 Å². The number of halogens is 2. The molecule has 1 aliphatic carbocycles. The second-order valence-electron chi connectivity index (χ2n) is 7.64. The van der Waals surface area contributed by atoms with Crippen LogP contribution < -0.4 is 28.7 Å². The number of hydrogen-bond acceptors (Lipinski definition) is 1. The van der Waals surface area contributed by atoms with Crippen molar-refractivity contribution in [1.29, 1.82) is 0 Å². The molecular formula is C27H26Cl2OTi. The van der Waals surface area contributed by atoms with E-state index in [4.69, 9.17) is 3.32 Å². The van der Waals surface area contributed by atoms with Gasteiger partial charge in [0.1, 0.15) is 0 Å². The molecule has 0 radical (unpaired) electrons. The average Bonchev–Trinajstić information content (AvgIpc) is 3.01. The molecule has 3 aromatic carbocycles. The number of benzene rings is 3. The van der Waals surface area contributed by atoms with E-state index in [-0.39, 0.29) is 30.9 Å². The van der Waals surface area contributed by atoms with Gasteiger partial charge in [0, 0.05) is 0 Å². The van der Waals surface area contributed by atoms with E-state index in [2.05, 4.69) is 112 Å². The van der Waals surface area contributed by atoms with E-state index in [1.54, 1.807) is 0 Å². The van der Waals surface area contributed by atoms with Crippen LogP contribution in [0.3, 0.4) is 0 Å². The van der Waals surface area contributed by atoms with Gasteiger partial charge in [-0.3, -0.25) is 0 Å². The Bertz CT molecular complexity index is 1010. The zero-order chi connectivity index (χ0) is 20.2. The van der Waals surface area contributed by atoms with Gasteiger partial charge in [0.15, 0.2) is 0 Å². The molecule has 0 aliphatic heterocycles. The third-order valence-electron chi connectivity index (χ3n) is 5.66. The molecule has 0 saturated heterocycles. The largest absolute Gasteiger partial charge is 1.00 e. The van der Waals surface area contributed by atoms with Gasteiger partial charge in [0.25, 0.3) is 0 Å². The third kappa shape index (κ3) is 5.80. The van der Waals surface area contributed by atoms with E-state index in [0.717, 1.165) is 0 Å². The summed E-state index contributed by atoms with van der Waals surface area (Å²) < 4.78 is 8.05. The van der Waals surface area contributed by atoms with Crippen molar-refractivity contribution >= 4 is 9.44 Å². The first kappa shape index (κ1) is 25.7. The van der Waals surface area contributed by atoms with Gasteiger partial charge < -0.3 is 24.8 Å². The summed E-state index contributed by atoms with van der Waals surface area (Å²) in [7, 11) is 0. The monoisotopic (exact) mass is 484 g/mol. The first-order valence-corrected chi connectivity index (χ1v) is 11.6. The predicted molar refractivity (Wildman–Crippen MR) is 117 cm³/mol. The molecule has 1 atom stereocenters. The molecule has 4 rings (SSSR count). The van der Waals surface area contributed by atoms with Crippen LogP contribution in [0.15, 0.2) is 102 Å². The molecule has 31 heavy (non-hydrogen) atoms. The molecular weight excluding hydrogens is 459 g/mol. The maximum absolute atomic E-state index is 6.68. The molecule has 0 fully saturated rings. The topological polar surface area (TPSA) is 9.23 Å². The Labute approximate surface area is 207 Å². The van der Waals surface area contributed by atoms with Crippen LogP contribution in [-0.2, 0) is 22.9 Å². The molecule has 158 valence electrons. The van der Waals surface area contributed by atoms with Crippen LogP contribution >= 0.6 is 0 Å². The van der Waals surface area contributed by atoms with Crippen molar-refractivity contribution in [2.24, 2.45) is 5.92 Å². The van der Waals surface area contributed by atoms with Gasteiger partial charge in [-0.25, -0.2) is 0 Å². The van der Waals surface area contributed by atoms with Crippen LogP contribution in [0.5, 0.6) is 0 Å². The minimum Gasteiger partial charge on any atom is -1.00 e. The Kier molecular flexibility index (Phi) is 9.81. The minimum atomic E-state index is -0.778. The second-order valence-corrected chi connectivity index (χ2v) is 9.17. The predicted octanol–water partition coefficient (Wildman–Crippen LogP) is 0.493.